The van der Waals surface area contributed by atoms with Gasteiger partial charge in [0.05, 0.1) is 24.2 Å². The number of anilines is 1. The average Bonchev–Trinajstić information content (AvgIpc) is 3.46. The fraction of sp³-hybridized carbons (Fsp3) is 0.407. The zero-order valence-corrected chi connectivity index (χ0v) is 20.7. The highest BCUT2D eigenvalue weighted by Crippen LogP contribution is 2.38. The maximum absolute atomic E-state index is 14.6. The summed E-state index contributed by atoms with van der Waals surface area (Å²) in [5.41, 5.74) is 3.23. The van der Waals surface area contributed by atoms with Crippen LogP contribution >= 0.6 is 0 Å². The Hall–Kier alpha value is -3.39. The van der Waals surface area contributed by atoms with E-state index in [0.29, 0.717) is 30.6 Å². The summed E-state index contributed by atoms with van der Waals surface area (Å²) >= 11 is 0. The number of ether oxygens (including phenoxy) is 2. The Labute approximate surface area is 208 Å². The number of nitrogens with one attached hydrogen (secondary N) is 2. The minimum Gasteiger partial charge on any atom is -0.494 e. The maximum Gasteiger partial charge on any atom is 0.225 e. The molecule has 0 bridgehead atoms. The van der Waals surface area contributed by atoms with Gasteiger partial charge in [-0.15, -0.1) is 0 Å². The number of halogens is 1. The zero-order valence-electron chi connectivity index (χ0n) is 20.7. The van der Waals surface area contributed by atoms with Gasteiger partial charge in [-0.3, -0.25) is 4.79 Å². The molecule has 8 heteroatoms. The minimum absolute atomic E-state index is 0. The summed E-state index contributed by atoms with van der Waals surface area (Å²) in [6, 6.07) is 12.9. The fourth-order valence-electron chi connectivity index (χ4n) is 4.70. The molecule has 0 spiro atoms. The number of aromatic nitrogens is 1. The van der Waals surface area contributed by atoms with Crippen molar-refractivity contribution in [1.82, 2.24) is 15.6 Å². The number of likely N-dealkylation sites (N-methyl/N-ethyl adjacent to an activating group) is 1. The van der Waals surface area contributed by atoms with Crippen LogP contribution in [0.4, 0.5) is 10.1 Å². The number of carbonyl (C=O) groups excluding carboxylic acids is 1. The van der Waals surface area contributed by atoms with E-state index < -0.39 is 5.82 Å². The number of rotatable bonds is 7. The van der Waals surface area contributed by atoms with E-state index in [9.17, 15) is 9.18 Å². The van der Waals surface area contributed by atoms with Crippen LogP contribution in [0.5, 0.6) is 11.5 Å². The normalized spacial score (nSPS) is 18.7. The molecule has 2 aliphatic rings. The molecule has 0 radical (unpaired) electrons. The van der Waals surface area contributed by atoms with Crippen molar-refractivity contribution >= 4 is 22.5 Å². The Morgan fingerprint density at radius 1 is 1.20 bits per heavy atom. The first kappa shape index (κ1) is 24.7. The van der Waals surface area contributed by atoms with Crippen molar-refractivity contribution in [2.75, 3.05) is 51.8 Å². The van der Waals surface area contributed by atoms with Crippen LogP contribution in [-0.4, -0.2) is 57.8 Å². The lowest BCUT2D eigenvalue weighted by molar-refractivity contribution is -0.122. The van der Waals surface area contributed by atoms with Gasteiger partial charge in [0.2, 0.25) is 5.91 Å². The highest BCUT2D eigenvalue weighted by Gasteiger charge is 2.42. The van der Waals surface area contributed by atoms with Gasteiger partial charge in [0, 0.05) is 57.7 Å². The minimum atomic E-state index is -0.430. The van der Waals surface area contributed by atoms with E-state index in [0.717, 1.165) is 35.8 Å². The number of hydrogen-bond acceptors (Lipinski definition) is 6. The number of hydrogen-bond donors (Lipinski definition) is 2. The molecule has 5 rings (SSSR count). The summed E-state index contributed by atoms with van der Waals surface area (Å²) in [4.78, 5) is 19.2. The van der Waals surface area contributed by atoms with Crippen molar-refractivity contribution in [3.8, 4) is 22.8 Å². The topological polar surface area (TPSA) is 75.7 Å². The molecule has 2 aromatic carbocycles. The zero-order chi connectivity index (χ0) is 24.9. The monoisotopic (exact) mass is 484 g/mol. The third kappa shape index (κ3) is 5.03. The molecule has 2 fully saturated rings. The van der Waals surface area contributed by atoms with E-state index in [-0.39, 0.29) is 26.3 Å². The molecular formula is C27H37FN4O3. The van der Waals surface area contributed by atoms with Gasteiger partial charge in [0.1, 0.15) is 12.4 Å². The summed E-state index contributed by atoms with van der Waals surface area (Å²) in [6.45, 7) is 7.40. The van der Waals surface area contributed by atoms with Crippen LogP contribution in [0, 0.1) is 17.7 Å². The first-order valence-electron chi connectivity index (χ1n) is 12.2. The number of fused-ring (bicyclic) bond motifs is 2. The third-order valence-electron chi connectivity index (χ3n) is 6.49. The summed E-state index contributed by atoms with van der Waals surface area (Å²) in [6.07, 6.45) is 0. The first-order chi connectivity index (χ1) is 17.1. The van der Waals surface area contributed by atoms with E-state index in [1.807, 2.05) is 51.2 Å². The molecule has 2 saturated heterocycles. The van der Waals surface area contributed by atoms with Gasteiger partial charge in [0.15, 0.2) is 11.6 Å². The molecule has 1 aromatic heterocycles. The number of nitrogens with zero attached hydrogens (tertiary/aromatic N) is 2. The number of benzene rings is 2. The molecule has 35 heavy (non-hydrogen) atoms. The molecule has 7 nitrogen and oxygen atoms in total. The molecule has 0 aliphatic carbocycles. The summed E-state index contributed by atoms with van der Waals surface area (Å²) < 4.78 is 25.5. The van der Waals surface area contributed by atoms with Crippen LogP contribution in [0.1, 0.15) is 16.7 Å². The Balaban J connectivity index is 0.00000118. The largest absolute Gasteiger partial charge is 0.494 e. The van der Waals surface area contributed by atoms with E-state index >= 15 is 0 Å². The van der Waals surface area contributed by atoms with Crippen LogP contribution in [0.3, 0.4) is 0 Å². The van der Waals surface area contributed by atoms with E-state index in [1.165, 1.54) is 13.2 Å². The molecule has 190 valence electrons. The number of pyridine rings is 1. The molecule has 2 N–H and O–H groups in total. The van der Waals surface area contributed by atoms with Crippen LogP contribution in [0.2, 0.25) is 0 Å². The van der Waals surface area contributed by atoms with Crippen molar-refractivity contribution in [2.24, 2.45) is 11.8 Å². The molecule has 2 aliphatic heterocycles. The van der Waals surface area contributed by atoms with Gasteiger partial charge in [-0.2, -0.15) is 0 Å². The van der Waals surface area contributed by atoms with Crippen LogP contribution in [-0.2, 0) is 4.79 Å². The quantitative estimate of drug-likeness (QED) is 0.486. The van der Waals surface area contributed by atoms with Crippen molar-refractivity contribution in [2.45, 2.75) is 13.8 Å². The number of carbonyl (C=O) groups is 1. The Bertz CT molecular complexity index is 1200. The predicted molar refractivity (Wildman–Crippen MR) is 141 cm³/mol. The van der Waals surface area contributed by atoms with Gasteiger partial charge >= 0.3 is 0 Å². The van der Waals surface area contributed by atoms with E-state index in [2.05, 4.69) is 15.5 Å². The van der Waals surface area contributed by atoms with Gasteiger partial charge < -0.3 is 25.0 Å². The summed E-state index contributed by atoms with van der Waals surface area (Å²) in [5, 5.41) is 6.71. The molecule has 3 heterocycles. The molecule has 1 amide bonds. The van der Waals surface area contributed by atoms with Crippen LogP contribution in [0.15, 0.2) is 42.5 Å². The molecule has 3 aromatic rings. The van der Waals surface area contributed by atoms with Crippen molar-refractivity contribution < 1.29 is 21.5 Å². The Kier molecular flexibility index (Phi) is 7.70. The summed E-state index contributed by atoms with van der Waals surface area (Å²) in [5.74, 6) is 0.847. The summed E-state index contributed by atoms with van der Waals surface area (Å²) in [7, 11) is 3.33. The molecule has 2 atom stereocenters. The lowest BCUT2D eigenvalue weighted by Crippen LogP contribution is -2.28. The van der Waals surface area contributed by atoms with Crippen molar-refractivity contribution in [3.63, 3.8) is 0 Å². The Morgan fingerprint density at radius 3 is 2.66 bits per heavy atom. The second-order valence-electron chi connectivity index (χ2n) is 8.52. The SMILES string of the molecule is CC.CNCCOc1ccc(-c2cc(N3CC4CNC(=O)C4C3)c3cc(F)c(OC)cc3n2)cc1.[HH].[HH]. The van der Waals surface area contributed by atoms with E-state index in [4.69, 9.17) is 14.5 Å². The average molecular weight is 485 g/mol. The lowest BCUT2D eigenvalue weighted by Gasteiger charge is -2.23. The molecule has 0 saturated carbocycles. The van der Waals surface area contributed by atoms with Crippen molar-refractivity contribution in [3.05, 3.63) is 48.3 Å². The fourth-order valence-corrected chi connectivity index (χ4v) is 4.70. The smallest absolute Gasteiger partial charge is 0.225 e. The highest BCUT2D eigenvalue weighted by atomic mass is 19.1. The van der Waals surface area contributed by atoms with E-state index in [1.54, 1.807) is 6.07 Å². The van der Waals surface area contributed by atoms with Crippen LogP contribution < -0.4 is 25.0 Å². The first-order valence-corrected chi connectivity index (χ1v) is 12.2. The van der Waals surface area contributed by atoms with Gasteiger partial charge in [-0.05, 0) is 43.4 Å². The van der Waals surface area contributed by atoms with Gasteiger partial charge in [-0.25, -0.2) is 9.37 Å². The van der Waals surface area contributed by atoms with Gasteiger partial charge in [0.25, 0.3) is 0 Å². The second-order valence-corrected chi connectivity index (χ2v) is 8.52. The number of methoxy groups -OCH3 is 1. The third-order valence-corrected chi connectivity index (χ3v) is 6.49. The lowest BCUT2D eigenvalue weighted by atomic mass is 10.0. The molecular weight excluding hydrogens is 447 g/mol. The second kappa shape index (κ2) is 10.9. The maximum atomic E-state index is 14.6. The number of amides is 1. The molecule has 2 unspecified atom stereocenters. The van der Waals surface area contributed by atoms with Crippen molar-refractivity contribution in [1.29, 1.82) is 0 Å². The highest BCUT2D eigenvalue weighted by molar-refractivity contribution is 5.96. The van der Waals surface area contributed by atoms with Gasteiger partial charge in [-0.1, -0.05) is 13.8 Å². The van der Waals surface area contributed by atoms with Crippen LogP contribution in [0.25, 0.3) is 22.2 Å². The predicted octanol–water partition coefficient (Wildman–Crippen LogP) is 4.35. The Morgan fingerprint density at radius 2 is 1.97 bits per heavy atom. The standard InChI is InChI=1S/C25H27FN4O3.C2H6.2H2/c1-27-7-8-33-17-5-3-15(4-6-17)21-10-23(30-13-16-12-28-25(31)19(16)14-30)18-9-20(26)24(32-2)11-22(18)29-21;1-2;;/h3-6,9-11,16,19,27H,7-8,12-14H2,1-2H3,(H,28,31);1-2H3;2*1H.